The monoisotopic (exact) mass is 422 g/mol. The fraction of sp³-hybridized carbons (Fsp3) is 0.556. The first-order chi connectivity index (χ1) is 14.9. The summed E-state index contributed by atoms with van der Waals surface area (Å²) in [7, 11) is 1.53. The lowest BCUT2D eigenvalue weighted by Crippen LogP contribution is -2.53. The third-order valence-electron chi connectivity index (χ3n) is 8.31. The van der Waals surface area contributed by atoms with E-state index in [1.165, 1.54) is 18.2 Å². The Morgan fingerprint density at radius 2 is 2.03 bits per heavy atom. The number of methoxy groups -OCH3 is 1. The van der Waals surface area contributed by atoms with Crippen LogP contribution in [0.1, 0.15) is 63.7 Å². The fourth-order valence-corrected chi connectivity index (χ4v) is 6.69. The lowest BCUT2D eigenvalue weighted by Gasteiger charge is -2.57. The van der Waals surface area contributed by atoms with Crippen LogP contribution in [-0.4, -0.2) is 13.1 Å². The number of hydrogen-bond donors (Lipinski definition) is 0. The minimum Gasteiger partial charge on any atom is -0.469 e. The topological polar surface area (TPSA) is 43.3 Å². The van der Waals surface area contributed by atoms with Crippen LogP contribution in [0.2, 0.25) is 0 Å². The smallest absolute Gasteiger partial charge is 0.311 e. The summed E-state index contributed by atoms with van der Waals surface area (Å²) < 4.78 is 13.2. The number of pyridine rings is 1. The summed E-state index contributed by atoms with van der Waals surface area (Å²) in [6, 6.07) is 8.22. The maximum atomic E-state index is 12.8. The maximum Gasteiger partial charge on any atom is 0.311 e. The van der Waals surface area contributed by atoms with Crippen LogP contribution in [0.15, 0.2) is 59.5 Å². The molecule has 2 fully saturated rings. The molecule has 0 unspecified atom stereocenters. The van der Waals surface area contributed by atoms with E-state index in [2.05, 4.69) is 43.5 Å². The van der Waals surface area contributed by atoms with E-state index in [0.717, 1.165) is 57.3 Å². The molecule has 0 radical (unpaired) electrons. The minimum atomic E-state index is -0.383. The van der Waals surface area contributed by atoms with E-state index >= 15 is 0 Å². The van der Waals surface area contributed by atoms with Gasteiger partial charge in [0.1, 0.15) is 0 Å². The van der Waals surface area contributed by atoms with E-state index < -0.39 is 0 Å². The second-order valence-corrected chi connectivity index (χ2v) is 10.0. The number of carbonyl (C=O) groups is 1. The Morgan fingerprint density at radius 1 is 1.26 bits per heavy atom. The third-order valence-corrected chi connectivity index (χ3v) is 8.31. The fourth-order valence-electron chi connectivity index (χ4n) is 6.69. The van der Waals surface area contributed by atoms with Crippen LogP contribution in [0, 0.1) is 22.7 Å². The molecule has 2 aromatic rings. The van der Waals surface area contributed by atoms with Crippen molar-refractivity contribution in [1.29, 1.82) is 0 Å². The number of allylic oxidation sites excluding steroid dienone is 1. The van der Waals surface area contributed by atoms with Gasteiger partial charge in [0.15, 0.2) is 18.2 Å². The molecule has 4 rings (SSSR count). The standard InChI is InChI=1S/C27H36NO3/c1-20-9-12-24-26(2,14-8-15-27(24,3)25(29)30-4)22(20)11-10-21-13-18-31-23(21)19-28-16-6-5-7-17-28/h5-7,13,16-18,22,24H,1,8-12,14-15,19H2,2-4H3/q+1/t22-,24+,26+,27-/m0/s1. The van der Waals surface area contributed by atoms with E-state index in [0.29, 0.717) is 11.8 Å². The number of fused-ring (bicyclic) bond motifs is 1. The number of carbonyl (C=O) groups excluding carboxylic acids is 1. The number of esters is 1. The maximum absolute atomic E-state index is 12.8. The van der Waals surface area contributed by atoms with E-state index in [-0.39, 0.29) is 16.8 Å². The molecule has 2 aliphatic rings. The zero-order valence-electron chi connectivity index (χ0n) is 19.2. The summed E-state index contributed by atoms with van der Waals surface area (Å²) in [4.78, 5) is 12.8. The first-order valence-electron chi connectivity index (χ1n) is 11.6. The molecular weight excluding hydrogens is 386 g/mol. The second kappa shape index (κ2) is 8.64. The van der Waals surface area contributed by atoms with Crippen LogP contribution < -0.4 is 4.57 Å². The van der Waals surface area contributed by atoms with Gasteiger partial charge in [-0.15, -0.1) is 0 Å². The molecule has 2 aliphatic carbocycles. The highest BCUT2D eigenvalue weighted by atomic mass is 16.5. The molecule has 166 valence electrons. The van der Waals surface area contributed by atoms with Crippen molar-refractivity contribution in [3.05, 3.63) is 66.4 Å². The molecule has 0 aromatic carbocycles. The lowest BCUT2D eigenvalue weighted by molar-refractivity contribution is -0.690. The van der Waals surface area contributed by atoms with Gasteiger partial charge in [0, 0.05) is 17.7 Å². The van der Waals surface area contributed by atoms with Crippen molar-refractivity contribution < 1.29 is 18.5 Å². The Balaban J connectivity index is 1.53. The molecule has 2 aromatic heterocycles. The molecule has 0 spiro atoms. The van der Waals surface area contributed by atoms with Gasteiger partial charge in [0.25, 0.3) is 0 Å². The van der Waals surface area contributed by atoms with Gasteiger partial charge >= 0.3 is 5.97 Å². The molecule has 0 aliphatic heterocycles. The van der Waals surface area contributed by atoms with Crippen LogP contribution in [0.25, 0.3) is 0 Å². The molecular formula is C27H36NO3+. The third kappa shape index (κ3) is 3.97. The van der Waals surface area contributed by atoms with Gasteiger partial charge in [-0.25, -0.2) is 0 Å². The van der Waals surface area contributed by atoms with Crippen LogP contribution in [0.5, 0.6) is 0 Å². The van der Waals surface area contributed by atoms with Crippen molar-refractivity contribution >= 4 is 5.97 Å². The second-order valence-electron chi connectivity index (χ2n) is 10.0. The molecule has 2 heterocycles. The summed E-state index contributed by atoms with van der Waals surface area (Å²) >= 11 is 0. The zero-order valence-corrected chi connectivity index (χ0v) is 19.2. The van der Waals surface area contributed by atoms with Gasteiger partial charge < -0.3 is 9.15 Å². The van der Waals surface area contributed by atoms with E-state index in [1.54, 1.807) is 0 Å². The average molecular weight is 423 g/mol. The first kappa shape index (κ1) is 21.9. The minimum absolute atomic E-state index is 0.0355. The van der Waals surface area contributed by atoms with Crippen molar-refractivity contribution in [3.8, 4) is 0 Å². The molecule has 0 saturated heterocycles. The molecule has 4 atom stereocenters. The highest BCUT2D eigenvalue weighted by Gasteiger charge is 2.57. The van der Waals surface area contributed by atoms with Crippen molar-refractivity contribution in [2.24, 2.45) is 22.7 Å². The molecule has 0 amide bonds. The van der Waals surface area contributed by atoms with Crippen LogP contribution >= 0.6 is 0 Å². The first-order valence-corrected chi connectivity index (χ1v) is 11.6. The SMILES string of the molecule is C=C1CC[C@@H]2[C@](C)(CCC[C@]2(C)C(=O)OC)[C@H]1CCc1ccoc1C[n+]1ccccc1. The number of aromatic nitrogens is 1. The van der Waals surface area contributed by atoms with Crippen LogP contribution in [-0.2, 0) is 22.5 Å². The molecule has 0 bridgehead atoms. The highest BCUT2D eigenvalue weighted by Crippen LogP contribution is 2.62. The largest absolute Gasteiger partial charge is 0.469 e. The number of nitrogens with zero attached hydrogens (tertiary/aromatic N) is 1. The van der Waals surface area contributed by atoms with Gasteiger partial charge in [-0.05, 0) is 68.8 Å². The normalized spacial score (nSPS) is 30.6. The Hall–Kier alpha value is -2.36. The predicted molar refractivity (Wildman–Crippen MR) is 120 cm³/mol. The number of furan rings is 1. The molecule has 4 nitrogen and oxygen atoms in total. The van der Waals surface area contributed by atoms with Crippen molar-refractivity contribution in [2.45, 2.75) is 65.3 Å². The Kier molecular flexibility index (Phi) is 6.09. The summed E-state index contributed by atoms with van der Waals surface area (Å²) in [5.41, 5.74) is 2.34. The predicted octanol–water partition coefficient (Wildman–Crippen LogP) is 5.50. The molecule has 0 N–H and O–H groups in total. The number of hydrogen-bond acceptors (Lipinski definition) is 3. The van der Waals surface area contributed by atoms with E-state index in [9.17, 15) is 4.79 Å². The van der Waals surface area contributed by atoms with E-state index in [4.69, 9.17) is 9.15 Å². The van der Waals surface area contributed by atoms with Gasteiger partial charge in [-0.3, -0.25) is 4.79 Å². The van der Waals surface area contributed by atoms with Gasteiger partial charge in [-0.2, -0.15) is 4.57 Å². The summed E-state index contributed by atoms with van der Waals surface area (Å²) in [5, 5.41) is 0. The average Bonchev–Trinajstić information content (AvgIpc) is 3.20. The van der Waals surface area contributed by atoms with Gasteiger partial charge in [0.05, 0.1) is 18.8 Å². The van der Waals surface area contributed by atoms with Gasteiger partial charge in [0.2, 0.25) is 6.54 Å². The van der Waals surface area contributed by atoms with Crippen LogP contribution in [0.4, 0.5) is 0 Å². The van der Waals surface area contributed by atoms with Crippen molar-refractivity contribution in [1.82, 2.24) is 0 Å². The van der Waals surface area contributed by atoms with E-state index in [1.807, 2.05) is 24.5 Å². The highest BCUT2D eigenvalue weighted by molar-refractivity contribution is 5.77. The molecule has 31 heavy (non-hydrogen) atoms. The quantitative estimate of drug-likeness (QED) is 0.351. The Morgan fingerprint density at radius 3 is 2.77 bits per heavy atom. The summed E-state index contributed by atoms with van der Waals surface area (Å²) in [6.45, 7) is 9.78. The summed E-state index contributed by atoms with van der Waals surface area (Å²) in [6.07, 6.45) is 13.2. The zero-order chi connectivity index (χ0) is 22.1. The molecule has 4 heteroatoms. The van der Waals surface area contributed by atoms with Crippen LogP contribution in [0.3, 0.4) is 0 Å². The Labute approximate surface area is 186 Å². The summed E-state index contributed by atoms with van der Waals surface area (Å²) in [5.74, 6) is 1.76. The Bertz CT molecular complexity index is 933. The number of ether oxygens (including phenoxy) is 1. The van der Waals surface area contributed by atoms with Gasteiger partial charge in [-0.1, -0.05) is 31.6 Å². The van der Waals surface area contributed by atoms with Crippen molar-refractivity contribution in [2.75, 3.05) is 7.11 Å². The lowest BCUT2D eigenvalue weighted by atomic mass is 9.46. The number of rotatable bonds is 6. The van der Waals surface area contributed by atoms with Crippen molar-refractivity contribution in [3.63, 3.8) is 0 Å². The molecule has 2 saturated carbocycles. The number of aryl methyl sites for hydroxylation is 1.